The largest absolute Gasteiger partial charge is 0.352 e. The van der Waals surface area contributed by atoms with Crippen molar-refractivity contribution >= 4 is 11.9 Å². The third-order valence-electron chi connectivity index (χ3n) is 3.44. The summed E-state index contributed by atoms with van der Waals surface area (Å²) >= 11 is 0. The molecule has 0 atom stereocenters. The minimum absolute atomic E-state index is 0.0237. The summed E-state index contributed by atoms with van der Waals surface area (Å²) in [7, 11) is 1.54. The van der Waals surface area contributed by atoms with E-state index in [1.807, 2.05) is 0 Å². The number of nitrogens with one attached hydrogen (secondary N) is 1. The van der Waals surface area contributed by atoms with Crippen molar-refractivity contribution in [2.45, 2.75) is 13.1 Å². The molecule has 0 aliphatic rings. The number of benzene rings is 2. The molecule has 24 heavy (non-hydrogen) atoms. The molecule has 0 saturated heterocycles. The van der Waals surface area contributed by atoms with Gasteiger partial charge in [0.05, 0.1) is 0 Å². The molecule has 0 bridgehead atoms. The van der Waals surface area contributed by atoms with E-state index < -0.39 is 17.7 Å². The van der Waals surface area contributed by atoms with Gasteiger partial charge in [0.2, 0.25) is 0 Å². The van der Waals surface area contributed by atoms with Crippen molar-refractivity contribution in [2.75, 3.05) is 7.05 Å². The molecular formula is C17H17F2N3O2. The van der Waals surface area contributed by atoms with E-state index in [4.69, 9.17) is 5.73 Å². The number of amides is 3. The Labute approximate surface area is 138 Å². The molecule has 0 aromatic heterocycles. The van der Waals surface area contributed by atoms with E-state index in [-0.39, 0.29) is 24.6 Å². The van der Waals surface area contributed by atoms with Crippen LogP contribution in [0.1, 0.15) is 21.5 Å². The van der Waals surface area contributed by atoms with Crippen LogP contribution in [-0.4, -0.2) is 23.9 Å². The van der Waals surface area contributed by atoms with Gasteiger partial charge in [0.25, 0.3) is 5.91 Å². The van der Waals surface area contributed by atoms with Gasteiger partial charge in [0.1, 0.15) is 11.6 Å². The molecule has 0 unspecified atom stereocenters. The molecule has 0 aliphatic carbocycles. The number of carbonyl (C=O) groups is 2. The quantitative estimate of drug-likeness (QED) is 0.882. The summed E-state index contributed by atoms with van der Waals surface area (Å²) in [5, 5.41) is 2.45. The number of nitrogens with two attached hydrogens (primary N) is 1. The fraction of sp³-hybridized carbons (Fsp3) is 0.176. The first-order valence-corrected chi connectivity index (χ1v) is 7.18. The second-order valence-electron chi connectivity index (χ2n) is 5.31. The van der Waals surface area contributed by atoms with E-state index in [0.717, 1.165) is 17.7 Å². The average molecular weight is 333 g/mol. The summed E-state index contributed by atoms with van der Waals surface area (Å²) in [4.78, 5) is 24.3. The maximum atomic E-state index is 13.7. The third-order valence-corrected chi connectivity index (χ3v) is 3.44. The van der Waals surface area contributed by atoms with Crippen molar-refractivity contribution < 1.29 is 18.4 Å². The molecule has 0 spiro atoms. The van der Waals surface area contributed by atoms with Gasteiger partial charge in [-0.25, -0.2) is 13.6 Å². The van der Waals surface area contributed by atoms with Gasteiger partial charge in [-0.2, -0.15) is 0 Å². The van der Waals surface area contributed by atoms with Crippen molar-refractivity contribution in [3.05, 3.63) is 70.8 Å². The van der Waals surface area contributed by atoms with Gasteiger partial charge >= 0.3 is 6.03 Å². The van der Waals surface area contributed by atoms with Crippen molar-refractivity contribution in [1.29, 1.82) is 0 Å². The van der Waals surface area contributed by atoms with Gasteiger partial charge < -0.3 is 16.0 Å². The van der Waals surface area contributed by atoms with E-state index in [1.165, 1.54) is 18.0 Å². The summed E-state index contributed by atoms with van der Waals surface area (Å²) < 4.78 is 26.6. The first-order chi connectivity index (χ1) is 11.4. The minimum atomic E-state index is -0.692. The molecule has 3 N–H and O–H groups in total. The molecule has 0 heterocycles. The van der Waals surface area contributed by atoms with Crippen LogP contribution in [0.4, 0.5) is 13.6 Å². The Balaban J connectivity index is 2.03. The summed E-state index contributed by atoms with van der Waals surface area (Å²) in [5.74, 6) is -1.65. The van der Waals surface area contributed by atoms with E-state index >= 15 is 0 Å². The molecule has 0 aliphatic heterocycles. The molecule has 2 rings (SSSR count). The lowest BCUT2D eigenvalue weighted by atomic mass is 10.1. The molecular weight excluding hydrogens is 316 g/mol. The zero-order valence-electron chi connectivity index (χ0n) is 13.1. The highest BCUT2D eigenvalue weighted by Crippen LogP contribution is 2.14. The van der Waals surface area contributed by atoms with Gasteiger partial charge in [0, 0.05) is 37.3 Å². The highest BCUT2D eigenvalue weighted by molar-refractivity contribution is 5.94. The van der Waals surface area contributed by atoms with Gasteiger partial charge in [-0.15, -0.1) is 0 Å². The zero-order chi connectivity index (χ0) is 17.7. The van der Waals surface area contributed by atoms with Crippen LogP contribution in [-0.2, 0) is 13.1 Å². The maximum Gasteiger partial charge on any atom is 0.312 e. The van der Waals surface area contributed by atoms with Crippen LogP contribution < -0.4 is 11.1 Å². The lowest BCUT2D eigenvalue weighted by Gasteiger charge is -2.18. The van der Waals surface area contributed by atoms with Gasteiger partial charge in [-0.05, 0) is 23.8 Å². The zero-order valence-corrected chi connectivity index (χ0v) is 13.1. The molecule has 7 heteroatoms. The number of primary amides is 1. The topological polar surface area (TPSA) is 75.4 Å². The van der Waals surface area contributed by atoms with Crippen LogP contribution in [0, 0.1) is 11.6 Å². The van der Waals surface area contributed by atoms with Gasteiger partial charge in [-0.3, -0.25) is 4.79 Å². The van der Waals surface area contributed by atoms with Gasteiger partial charge in [-0.1, -0.05) is 18.2 Å². The third kappa shape index (κ3) is 4.52. The van der Waals surface area contributed by atoms with Crippen molar-refractivity contribution in [1.82, 2.24) is 10.2 Å². The van der Waals surface area contributed by atoms with Crippen LogP contribution in [0.15, 0.2) is 42.5 Å². The minimum Gasteiger partial charge on any atom is -0.352 e. The smallest absolute Gasteiger partial charge is 0.312 e. The average Bonchev–Trinajstić information content (AvgIpc) is 2.55. The highest BCUT2D eigenvalue weighted by atomic mass is 19.1. The highest BCUT2D eigenvalue weighted by Gasteiger charge is 2.14. The Morgan fingerprint density at radius 2 is 1.79 bits per heavy atom. The fourth-order valence-corrected chi connectivity index (χ4v) is 2.15. The first-order valence-electron chi connectivity index (χ1n) is 7.18. The lowest BCUT2D eigenvalue weighted by molar-refractivity contribution is 0.0784. The van der Waals surface area contributed by atoms with Crippen LogP contribution in [0.3, 0.4) is 0 Å². The number of halogens is 2. The molecule has 0 fully saturated rings. The Hall–Kier alpha value is -2.96. The number of nitrogens with zero attached hydrogens (tertiary/aromatic N) is 1. The molecule has 126 valence electrons. The van der Waals surface area contributed by atoms with Crippen molar-refractivity contribution in [3.63, 3.8) is 0 Å². The number of carbonyl (C=O) groups excluding carboxylic acids is 2. The van der Waals surface area contributed by atoms with E-state index in [9.17, 15) is 18.4 Å². The Kier molecular flexibility index (Phi) is 5.47. The summed E-state index contributed by atoms with van der Waals surface area (Å²) in [6.45, 7) is 0.288. The first kappa shape index (κ1) is 17.4. The second kappa shape index (κ2) is 7.54. The summed E-state index contributed by atoms with van der Waals surface area (Å²) in [5.41, 5.74) is 6.43. The maximum absolute atomic E-state index is 13.7. The standard InChI is InChI=1S/C17H17F2N3O2/c1-22(10-13-6-7-14(18)8-15(13)19)16(23)12-4-2-11(3-5-12)9-21-17(20)24/h2-8H,9-10H2,1H3,(H3,20,21,24). The van der Waals surface area contributed by atoms with E-state index in [1.54, 1.807) is 24.3 Å². The van der Waals surface area contributed by atoms with Crippen molar-refractivity contribution in [2.24, 2.45) is 5.73 Å². The number of hydrogen-bond donors (Lipinski definition) is 2. The van der Waals surface area contributed by atoms with Gasteiger partial charge in [0.15, 0.2) is 0 Å². The van der Waals surface area contributed by atoms with E-state index in [2.05, 4.69) is 5.32 Å². The fourth-order valence-electron chi connectivity index (χ4n) is 2.15. The summed E-state index contributed by atoms with van der Waals surface area (Å²) in [6, 6.07) is 9.22. The summed E-state index contributed by atoms with van der Waals surface area (Å²) in [6.07, 6.45) is 0. The SMILES string of the molecule is CN(Cc1ccc(F)cc1F)C(=O)c1ccc(CNC(N)=O)cc1. The monoisotopic (exact) mass is 333 g/mol. The normalized spacial score (nSPS) is 10.3. The Bertz CT molecular complexity index is 748. The van der Waals surface area contributed by atoms with Crippen LogP contribution in [0.25, 0.3) is 0 Å². The van der Waals surface area contributed by atoms with Crippen LogP contribution in [0.5, 0.6) is 0 Å². The second-order valence-corrected chi connectivity index (χ2v) is 5.31. The predicted octanol–water partition coefficient (Wildman–Crippen LogP) is 2.41. The number of urea groups is 1. The number of rotatable bonds is 5. The Morgan fingerprint density at radius 1 is 1.12 bits per heavy atom. The van der Waals surface area contributed by atoms with E-state index in [0.29, 0.717) is 5.56 Å². The molecule has 0 radical (unpaired) electrons. The molecule has 2 aromatic carbocycles. The predicted molar refractivity (Wildman–Crippen MR) is 85.0 cm³/mol. The molecule has 0 saturated carbocycles. The van der Waals surface area contributed by atoms with Crippen molar-refractivity contribution in [3.8, 4) is 0 Å². The van der Waals surface area contributed by atoms with Crippen LogP contribution in [0.2, 0.25) is 0 Å². The Morgan fingerprint density at radius 3 is 2.38 bits per heavy atom. The molecule has 2 aromatic rings. The lowest BCUT2D eigenvalue weighted by Crippen LogP contribution is -2.28. The molecule has 3 amide bonds. The molecule has 5 nitrogen and oxygen atoms in total. The number of hydrogen-bond acceptors (Lipinski definition) is 2. The van der Waals surface area contributed by atoms with Crippen LogP contribution >= 0.6 is 0 Å².